The number of phenols is 2. The summed E-state index contributed by atoms with van der Waals surface area (Å²) >= 11 is 0. The van der Waals surface area contributed by atoms with Crippen LogP contribution in [0.3, 0.4) is 0 Å². The Morgan fingerprint density at radius 3 is 1.84 bits per heavy atom. The van der Waals surface area contributed by atoms with Crippen molar-refractivity contribution in [2.75, 3.05) is 6.61 Å². The number of phenolic OH excluding ortho intramolecular Hbond substituents is 2. The van der Waals surface area contributed by atoms with E-state index in [9.17, 15) is 19.8 Å². The minimum absolute atomic E-state index is 0.0620. The van der Waals surface area contributed by atoms with E-state index < -0.39 is 17.9 Å². The summed E-state index contributed by atoms with van der Waals surface area (Å²) in [6.45, 7) is 0.161. The number of carbonyl (C=O) groups is 2. The molecule has 1 atom stereocenters. The van der Waals surface area contributed by atoms with E-state index >= 15 is 0 Å². The Morgan fingerprint density at radius 2 is 1.23 bits per heavy atom. The van der Waals surface area contributed by atoms with Crippen LogP contribution in [0.5, 0.6) is 11.5 Å². The van der Waals surface area contributed by atoms with E-state index in [1.54, 1.807) is 36.4 Å². The molecule has 0 radical (unpaired) electrons. The number of rotatable bonds is 9. The Bertz CT molecular complexity index is 981. The van der Waals surface area contributed by atoms with Crippen LogP contribution in [-0.2, 0) is 38.5 Å². The maximum Gasteiger partial charge on any atom is 0.321 e. The number of esters is 2. The predicted octanol–water partition coefficient (Wildman–Crippen LogP) is 3.79. The van der Waals surface area contributed by atoms with Gasteiger partial charge in [-0.05, 0) is 47.4 Å². The van der Waals surface area contributed by atoms with Gasteiger partial charge < -0.3 is 19.7 Å². The monoisotopic (exact) mass is 420 g/mol. The van der Waals surface area contributed by atoms with Gasteiger partial charge in [-0.25, -0.2) is 0 Å². The third kappa shape index (κ3) is 6.89. The van der Waals surface area contributed by atoms with Crippen molar-refractivity contribution in [1.82, 2.24) is 0 Å². The Morgan fingerprint density at radius 1 is 0.677 bits per heavy atom. The van der Waals surface area contributed by atoms with Crippen molar-refractivity contribution >= 4 is 11.9 Å². The summed E-state index contributed by atoms with van der Waals surface area (Å²) < 4.78 is 10.7. The van der Waals surface area contributed by atoms with Gasteiger partial charge in [-0.15, -0.1) is 0 Å². The van der Waals surface area contributed by atoms with Gasteiger partial charge in [0.1, 0.15) is 18.1 Å². The Kier molecular flexibility index (Phi) is 7.65. The zero-order valence-electron chi connectivity index (χ0n) is 16.9. The number of hydrogen-bond acceptors (Lipinski definition) is 6. The average Bonchev–Trinajstić information content (AvgIpc) is 2.79. The standard InChI is InChI=1S/C25H24O6/c26-21-10-6-18(7-11-21)14-15-30-24(28)23(16-19-8-12-22(27)13-9-19)25(29)31-17-20-4-2-1-3-5-20/h1-13,23,26-27H,14-17H2. The molecule has 0 fully saturated rings. The van der Waals surface area contributed by atoms with Crippen LogP contribution < -0.4 is 0 Å². The molecule has 3 aromatic rings. The second kappa shape index (κ2) is 10.8. The van der Waals surface area contributed by atoms with Gasteiger partial charge in [0.2, 0.25) is 0 Å². The average molecular weight is 420 g/mol. The van der Waals surface area contributed by atoms with Gasteiger partial charge >= 0.3 is 11.9 Å². The molecule has 0 spiro atoms. The van der Waals surface area contributed by atoms with Crippen LogP contribution in [-0.4, -0.2) is 28.8 Å². The van der Waals surface area contributed by atoms with Crippen LogP contribution in [0.15, 0.2) is 78.9 Å². The van der Waals surface area contributed by atoms with E-state index in [4.69, 9.17) is 9.47 Å². The minimum Gasteiger partial charge on any atom is -0.508 e. The van der Waals surface area contributed by atoms with Gasteiger partial charge in [-0.2, -0.15) is 0 Å². The van der Waals surface area contributed by atoms with Crippen LogP contribution in [0, 0.1) is 5.92 Å². The maximum absolute atomic E-state index is 12.7. The van der Waals surface area contributed by atoms with Crippen molar-refractivity contribution in [2.45, 2.75) is 19.4 Å². The molecular formula is C25H24O6. The minimum atomic E-state index is -1.12. The summed E-state index contributed by atoms with van der Waals surface area (Å²) in [6.07, 6.45) is 0.558. The Labute approximate surface area is 180 Å². The molecule has 6 nitrogen and oxygen atoms in total. The summed E-state index contributed by atoms with van der Waals surface area (Å²) in [5.74, 6) is -2.18. The number of ether oxygens (including phenoxy) is 2. The van der Waals surface area contributed by atoms with Crippen LogP contribution in [0.1, 0.15) is 16.7 Å². The van der Waals surface area contributed by atoms with E-state index in [0.29, 0.717) is 12.0 Å². The number of hydrogen-bond donors (Lipinski definition) is 2. The molecule has 2 N–H and O–H groups in total. The van der Waals surface area contributed by atoms with Crippen LogP contribution in [0.25, 0.3) is 0 Å². The number of benzene rings is 3. The zero-order valence-corrected chi connectivity index (χ0v) is 16.9. The van der Waals surface area contributed by atoms with Crippen molar-refractivity contribution in [3.63, 3.8) is 0 Å². The molecule has 31 heavy (non-hydrogen) atoms. The van der Waals surface area contributed by atoms with Gasteiger partial charge in [-0.3, -0.25) is 9.59 Å². The second-order valence-corrected chi connectivity index (χ2v) is 7.10. The van der Waals surface area contributed by atoms with Crippen molar-refractivity contribution in [3.05, 3.63) is 95.6 Å². The molecule has 0 amide bonds. The molecular weight excluding hydrogens is 396 g/mol. The topological polar surface area (TPSA) is 93.1 Å². The highest BCUT2D eigenvalue weighted by Crippen LogP contribution is 2.17. The summed E-state index contributed by atoms with van der Waals surface area (Å²) in [4.78, 5) is 25.4. The SMILES string of the molecule is O=C(OCCc1ccc(O)cc1)C(Cc1ccc(O)cc1)C(=O)OCc1ccccc1. The van der Waals surface area contributed by atoms with Crippen LogP contribution >= 0.6 is 0 Å². The zero-order chi connectivity index (χ0) is 22.1. The quantitative estimate of drug-likeness (QED) is 0.404. The molecule has 1 unspecified atom stereocenters. The summed E-state index contributed by atoms with van der Waals surface area (Å²) in [5.41, 5.74) is 2.42. The number of aromatic hydroxyl groups is 2. The van der Waals surface area contributed by atoms with Gasteiger partial charge in [-0.1, -0.05) is 54.6 Å². The Hall–Kier alpha value is -3.80. The molecule has 0 aromatic heterocycles. The molecule has 3 rings (SSSR count). The highest BCUT2D eigenvalue weighted by atomic mass is 16.6. The lowest BCUT2D eigenvalue weighted by molar-refractivity contribution is -0.162. The third-order valence-electron chi connectivity index (χ3n) is 4.74. The molecule has 0 aliphatic rings. The van der Waals surface area contributed by atoms with E-state index in [1.165, 1.54) is 12.1 Å². The predicted molar refractivity (Wildman–Crippen MR) is 114 cm³/mol. The molecule has 6 heteroatoms. The lowest BCUT2D eigenvalue weighted by Gasteiger charge is -2.16. The van der Waals surface area contributed by atoms with Gasteiger partial charge in [0.15, 0.2) is 5.92 Å². The van der Waals surface area contributed by atoms with E-state index in [0.717, 1.165) is 11.1 Å². The summed E-state index contributed by atoms with van der Waals surface area (Å²) in [5, 5.41) is 18.8. The first-order valence-corrected chi connectivity index (χ1v) is 9.94. The number of carbonyl (C=O) groups excluding carboxylic acids is 2. The van der Waals surface area contributed by atoms with Crippen molar-refractivity contribution in [3.8, 4) is 11.5 Å². The third-order valence-corrected chi connectivity index (χ3v) is 4.74. The van der Waals surface area contributed by atoms with Crippen LogP contribution in [0.2, 0.25) is 0 Å². The molecule has 0 bridgehead atoms. The molecule has 0 heterocycles. The first kappa shape index (κ1) is 21.9. The first-order valence-electron chi connectivity index (χ1n) is 9.94. The van der Waals surface area contributed by atoms with Gasteiger partial charge in [0, 0.05) is 6.42 Å². The fourth-order valence-corrected chi connectivity index (χ4v) is 2.99. The van der Waals surface area contributed by atoms with Crippen molar-refractivity contribution < 1.29 is 29.3 Å². The molecule has 0 saturated heterocycles. The van der Waals surface area contributed by atoms with Crippen LogP contribution in [0.4, 0.5) is 0 Å². The summed E-state index contributed by atoms with van der Waals surface area (Å²) in [6, 6.07) is 22.1. The second-order valence-electron chi connectivity index (χ2n) is 7.10. The Balaban J connectivity index is 1.63. The molecule has 0 aliphatic carbocycles. The fraction of sp³-hybridized carbons (Fsp3) is 0.200. The fourth-order valence-electron chi connectivity index (χ4n) is 2.99. The van der Waals surface area contributed by atoms with Crippen molar-refractivity contribution in [1.29, 1.82) is 0 Å². The van der Waals surface area contributed by atoms with Crippen molar-refractivity contribution in [2.24, 2.45) is 5.92 Å². The molecule has 0 aliphatic heterocycles. The maximum atomic E-state index is 12.7. The highest BCUT2D eigenvalue weighted by Gasteiger charge is 2.30. The normalized spacial score (nSPS) is 11.5. The lowest BCUT2D eigenvalue weighted by atomic mass is 9.99. The molecule has 0 saturated carbocycles. The molecule has 160 valence electrons. The highest BCUT2D eigenvalue weighted by molar-refractivity contribution is 5.95. The first-order chi connectivity index (χ1) is 15.0. The van der Waals surface area contributed by atoms with E-state index in [2.05, 4.69) is 0 Å². The molecule has 3 aromatic carbocycles. The summed E-state index contributed by atoms with van der Waals surface area (Å²) in [7, 11) is 0. The largest absolute Gasteiger partial charge is 0.508 e. The van der Waals surface area contributed by atoms with E-state index in [-0.39, 0.29) is 31.1 Å². The van der Waals surface area contributed by atoms with Gasteiger partial charge in [0.05, 0.1) is 6.61 Å². The smallest absolute Gasteiger partial charge is 0.321 e. The van der Waals surface area contributed by atoms with E-state index in [1.807, 2.05) is 30.3 Å². The van der Waals surface area contributed by atoms with Gasteiger partial charge in [0.25, 0.3) is 0 Å². The lowest BCUT2D eigenvalue weighted by Crippen LogP contribution is -2.30.